The van der Waals surface area contributed by atoms with Crippen LogP contribution in [0.15, 0.2) is 60.8 Å². The monoisotopic (exact) mass is 1030 g/mol. The smallest absolute Gasteiger partial charge is 0.306 e. The Kier molecular flexibility index (Phi) is 60.2. The lowest BCUT2D eigenvalue weighted by atomic mass is 10.0. The van der Waals surface area contributed by atoms with E-state index in [1.807, 2.05) is 0 Å². The van der Waals surface area contributed by atoms with E-state index in [1.54, 1.807) is 0 Å². The molecule has 74 heavy (non-hydrogen) atoms. The molecule has 0 saturated heterocycles. The van der Waals surface area contributed by atoms with E-state index in [0.29, 0.717) is 19.3 Å². The van der Waals surface area contributed by atoms with Gasteiger partial charge in [0.05, 0.1) is 0 Å². The average Bonchev–Trinajstić information content (AvgIpc) is 3.40. The van der Waals surface area contributed by atoms with Gasteiger partial charge in [0.25, 0.3) is 0 Å². The van der Waals surface area contributed by atoms with Crippen molar-refractivity contribution in [1.82, 2.24) is 0 Å². The maximum atomic E-state index is 12.9. The number of hydrogen-bond donors (Lipinski definition) is 0. The molecule has 0 bridgehead atoms. The van der Waals surface area contributed by atoms with Gasteiger partial charge in [-0.25, -0.2) is 0 Å². The largest absolute Gasteiger partial charge is 0.462 e. The van der Waals surface area contributed by atoms with E-state index in [2.05, 4.69) is 81.5 Å². The summed E-state index contributed by atoms with van der Waals surface area (Å²) >= 11 is 0. The fourth-order valence-electron chi connectivity index (χ4n) is 9.47. The van der Waals surface area contributed by atoms with Gasteiger partial charge in [0, 0.05) is 19.3 Å². The Hall–Kier alpha value is -2.89. The molecule has 0 radical (unpaired) electrons. The Bertz CT molecular complexity index is 1330. The highest BCUT2D eigenvalue weighted by atomic mass is 16.6. The van der Waals surface area contributed by atoms with Crippen LogP contribution in [0, 0.1) is 0 Å². The van der Waals surface area contributed by atoms with Gasteiger partial charge in [-0.05, 0) is 64.2 Å². The van der Waals surface area contributed by atoms with Crippen molar-refractivity contribution in [2.75, 3.05) is 13.2 Å². The first-order chi connectivity index (χ1) is 36.5. The van der Waals surface area contributed by atoms with Crippen LogP contribution in [0.2, 0.25) is 0 Å². The quantitative estimate of drug-likeness (QED) is 0.0261. The van der Waals surface area contributed by atoms with Gasteiger partial charge in [0.15, 0.2) is 6.10 Å². The molecule has 6 nitrogen and oxygen atoms in total. The summed E-state index contributed by atoms with van der Waals surface area (Å²) in [4.78, 5) is 38.3. The van der Waals surface area contributed by atoms with Gasteiger partial charge in [-0.1, -0.05) is 313 Å². The second kappa shape index (κ2) is 62.6. The molecule has 0 aliphatic carbocycles. The minimum absolute atomic E-state index is 0.0779. The summed E-state index contributed by atoms with van der Waals surface area (Å²) in [6, 6.07) is 0. The van der Waals surface area contributed by atoms with E-state index < -0.39 is 6.10 Å². The lowest BCUT2D eigenvalue weighted by Gasteiger charge is -2.18. The Morgan fingerprint density at radius 1 is 0.284 bits per heavy atom. The van der Waals surface area contributed by atoms with Crippen molar-refractivity contribution in [3.8, 4) is 0 Å². The first kappa shape index (κ1) is 71.1. The normalized spacial score (nSPS) is 12.4. The molecule has 0 saturated carbocycles. The van der Waals surface area contributed by atoms with Crippen LogP contribution in [0.1, 0.15) is 335 Å². The molecule has 0 rings (SSSR count). The van der Waals surface area contributed by atoms with Crippen molar-refractivity contribution < 1.29 is 28.6 Å². The van der Waals surface area contributed by atoms with Gasteiger partial charge in [0.2, 0.25) is 0 Å². The third-order valence-electron chi connectivity index (χ3n) is 14.3. The predicted molar refractivity (Wildman–Crippen MR) is 321 cm³/mol. The molecule has 430 valence electrons. The molecule has 0 N–H and O–H groups in total. The Balaban J connectivity index is 4.27. The molecule has 0 aromatic heterocycles. The van der Waals surface area contributed by atoms with Crippen LogP contribution in [0.25, 0.3) is 0 Å². The summed E-state index contributed by atoms with van der Waals surface area (Å²) in [6.07, 6.45) is 79.5. The molecular weight excluding hydrogens is 913 g/mol. The van der Waals surface area contributed by atoms with E-state index >= 15 is 0 Å². The van der Waals surface area contributed by atoms with Crippen molar-refractivity contribution in [2.45, 2.75) is 341 Å². The maximum absolute atomic E-state index is 12.9. The molecular formula is C68H122O6. The molecule has 0 heterocycles. The van der Waals surface area contributed by atoms with Crippen LogP contribution in [0.4, 0.5) is 0 Å². The van der Waals surface area contributed by atoms with Gasteiger partial charge < -0.3 is 14.2 Å². The second-order valence-electron chi connectivity index (χ2n) is 21.7. The molecule has 1 unspecified atom stereocenters. The van der Waals surface area contributed by atoms with Crippen molar-refractivity contribution in [2.24, 2.45) is 0 Å². The Morgan fingerprint density at radius 2 is 0.527 bits per heavy atom. The first-order valence-corrected chi connectivity index (χ1v) is 32.3. The van der Waals surface area contributed by atoms with Crippen LogP contribution in [0.3, 0.4) is 0 Å². The molecule has 0 fully saturated rings. The van der Waals surface area contributed by atoms with Crippen LogP contribution < -0.4 is 0 Å². The SMILES string of the molecule is CC/C=C\C/C=C\C/C=C\C/C=C\C/C=C\CCCCCCCC(=O)OC(COC(=O)CCCCCCCCCCCCC)COC(=O)CCCCCCCCCCCCCCCCCCCCCCCCCC. The molecule has 0 aliphatic rings. The Morgan fingerprint density at radius 3 is 0.824 bits per heavy atom. The van der Waals surface area contributed by atoms with Crippen molar-refractivity contribution in [3.63, 3.8) is 0 Å². The number of esters is 3. The van der Waals surface area contributed by atoms with E-state index in [-0.39, 0.29) is 31.1 Å². The van der Waals surface area contributed by atoms with Gasteiger partial charge >= 0.3 is 17.9 Å². The van der Waals surface area contributed by atoms with Gasteiger partial charge in [-0.15, -0.1) is 0 Å². The zero-order valence-corrected chi connectivity index (χ0v) is 49.4. The minimum Gasteiger partial charge on any atom is -0.462 e. The Labute approximate surface area is 460 Å². The summed E-state index contributed by atoms with van der Waals surface area (Å²) in [5, 5.41) is 0. The third-order valence-corrected chi connectivity index (χ3v) is 14.3. The second-order valence-corrected chi connectivity index (χ2v) is 21.7. The van der Waals surface area contributed by atoms with Gasteiger partial charge in [0.1, 0.15) is 13.2 Å². The number of unbranched alkanes of at least 4 members (excludes halogenated alkanes) is 38. The van der Waals surface area contributed by atoms with Crippen LogP contribution >= 0.6 is 0 Å². The average molecular weight is 1040 g/mol. The third kappa shape index (κ3) is 60.0. The number of carbonyl (C=O) groups excluding carboxylic acids is 3. The number of allylic oxidation sites excluding steroid dienone is 10. The number of ether oxygens (including phenoxy) is 3. The summed E-state index contributed by atoms with van der Waals surface area (Å²) in [7, 11) is 0. The summed E-state index contributed by atoms with van der Waals surface area (Å²) in [6.45, 7) is 6.55. The fourth-order valence-corrected chi connectivity index (χ4v) is 9.47. The van der Waals surface area contributed by atoms with Crippen molar-refractivity contribution >= 4 is 17.9 Å². The minimum atomic E-state index is -0.782. The van der Waals surface area contributed by atoms with Crippen LogP contribution in [-0.2, 0) is 28.6 Å². The highest BCUT2D eigenvalue weighted by molar-refractivity contribution is 5.71. The molecule has 0 spiro atoms. The summed E-state index contributed by atoms with van der Waals surface area (Å²) in [5.74, 6) is -0.879. The lowest BCUT2D eigenvalue weighted by molar-refractivity contribution is -0.167. The van der Waals surface area contributed by atoms with Crippen LogP contribution in [-0.4, -0.2) is 37.2 Å². The van der Waals surface area contributed by atoms with Gasteiger partial charge in [-0.3, -0.25) is 14.4 Å². The number of hydrogen-bond acceptors (Lipinski definition) is 6. The highest BCUT2D eigenvalue weighted by Gasteiger charge is 2.19. The van der Waals surface area contributed by atoms with Crippen molar-refractivity contribution in [1.29, 1.82) is 0 Å². The maximum Gasteiger partial charge on any atom is 0.306 e. The first-order valence-electron chi connectivity index (χ1n) is 32.3. The molecule has 0 aromatic carbocycles. The highest BCUT2D eigenvalue weighted by Crippen LogP contribution is 2.18. The van der Waals surface area contributed by atoms with E-state index in [9.17, 15) is 14.4 Å². The predicted octanol–water partition coefficient (Wildman–Crippen LogP) is 21.9. The number of rotatable bonds is 59. The summed E-state index contributed by atoms with van der Waals surface area (Å²) < 4.78 is 16.9. The molecule has 0 aromatic rings. The fraction of sp³-hybridized carbons (Fsp3) is 0.809. The standard InChI is InChI=1S/C68H122O6/c1-4-7-10-13-16-19-22-24-26-28-30-32-33-34-36-37-39-41-43-46-49-52-55-58-61-67(70)73-64-65(63-72-66(69)60-57-54-51-48-45-21-18-15-12-9-6-3)74-68(71)62-59-56-53-50-47-44-42-40-38-35-31-29-27-25-23-20-17-14-11-8-5-2/h8,11,17,20,25,27,31,35,40,42,65H,4-7,9-10,12-16,18-19,21-24,26,28-30,32-34,36-39,41,43-64H2,1-3H3/b11-8-,20-17-,27-25-,35-31-,42-40-. The van der Waals surface area contributed by atoms with E-state index in [1.165, 1.54) is 186 Å². The van der Waals surface area contributed by atoms with Crippen LogP contribution in [0.5, 0.6) is 0 Å². The lowest BCUT2D eigenvalue weighted by Crippen LogP contribution is -2.30. The summed E-state index contributed by atoms with van der Waals surface area (Å²) in [5.41, 5.74) is 0. The van der Waals surface area contributed by atoms with E-state index in [4.69, 9.17) is 14.2 Å². The molecule has 0 amide bonds. The molecule has 1 atom stereocenters. The zero-order valence-electron chi connectivity index (χ0n) is 49.4. The molecule has 6 heteroatoms. The van der Waals surface area contributed by atoms with Crippen molar-refractivity contribution in [3.05, 3.63) is 60.8 Å². The van der Waals surface area contributed by atoms with Gasteiger partial charge in [-0.2, -0.15) is 0 Å². The number of carbonyl (C=O) groups is 3. The zero-order chi connectivity index (χ0) is 53.6. The molecule has 0 aliphatic heterocycles. The van der Waals surface area contributed by atoms with E-state index in [0.717, 1.165) is 109 Å². The topological polar surface area (TPSA) is 78.9 Å².